The predicted octanol–water partition coefficient (Wildman–Crippen LogP) is 4.86. The smallest absolute Gasteiger partial charge is 0.308 e. The summed E-state index contributed by atoms with van der Waals surface area (Å²) in [6.07, 6.45) is 14.7. The molecule has 0 spiro atoms. The fourth-order valence-corrected chi connectivity index (χ4v) is 2.69. The average Bonchev–Trinajstić information content (AvgIpc) is 2.42. The Morgan fingerprint density at radius 3 is 2.22 bits per heavy atom. The zero-order chi connectivity index (χ0) is 13.1. The van der Waals surface area contributed by atoms with E-state index < -0.39 is 0 Å². The largest absolute Gasteiger partial charge is 0.465 e. The number of ether oxygens (including phenoxy) is 1. The topological polar surface area (TPSA) is 26.3 Å². The van der Waals surface area contributed by atoms with Gasteiger partial charge in [0.25, 0.3) is 0 Å². The molecule has 1 rings (SSSR count). The SMILES string of the molecule is CCCCCCCCCOC(=O)C1CCCCC1. The average molecular weight is 254 g/mol. The third kappa shape index (κ3) is 7.03. The Hall–Kier alpha value is -0.530. The molecule has 0 aromatic carbocycles. The minimum absolute atomic E-state index is 0.0701. The van der Waals surface area contributed by atoms with Crippen LogP contribution in [0.2, 0.25) is 0 Å². The first-order valence-corrected chi connectivity index (χ1v) is 8.01. The molecule has 1 saturated carbocycles. The maximum atomic E-state index is 11.7. The van der Waals surface area contributed by atoms with Gasteiger partial charge in [0.2, 0.25) is 0 Å². The number of carbonyl (C=O) groups is 1. The van der Waals surface area contributed by atoms with Crippen molar-refractivity contribution in [3.05, 3.63) is 0 Å². The monoisotopic (exact) mass is 254 g/mol. The molecule has 0 heterocycles. The van der Waals surface area contributed by atoms with E-state index in [-0.39, 0.29) is 11.9 Å². The van der Waals surface area contributed by atoms with Crippen LogP contribution in [0, 0.1) is 5.92 Å². The fraction of sp³-hybridized carbons (Fsp3) is 0.938. The molecule has 0 saturated heterocycles. The van der Waals surface area contributed by atoms with Crippen molar-refractivity contribution < 1.29 is 9.53 Å². The summed E-state index contributed by atoms with van der Waals surface area (Å²) in [4.78, 5) is 11.7. The molecule has 0 aromatic heterocycles. The first-order chi connectivity index (χ1) is 8.84. The van der Waals surface area contributed by atoms with E-state index in [1.165, 1.54) is 57.8 Å². The quantitative estimate of drug-likeness (QED) is 0.434. The Bertz CT molecular complexity index is 207. The van der Waals surface area contributed by atoms with Gasteiger partial charge in [-0.2, -0.15) is 0 Å². The van der Waals surface area contributed by atoms with Crippen LogP contribution < -0.4 is 0 Å². The summed E-state index contributed by atoms with van der Waals surface area (Å²) < 4.78 is 5.37. The standard InChI is InChI=1S/C16H30O2/c1-2-3-4-5-6-7-11-14-18-16(17)15-12-9-8-10-13-15/h15H,2-14H2,1H3. The van der Waals surface area contributed by atoms with Crippen molar-refractivity contribution in [3.63, 3.8) is 0 Å². The summed E-state index contributed by atoms with van der Waals surface area (Å²) in [7, 11) is 0. The van der Waals surface area contributed by atoms with E-state index in [2.05, 4.69) is 6.92 Å². The van der Waals surface area contributed by atoms with Gasteiger partial charge in [-0.3, -0.25) is 4.79 Å². The molecule has 106 valence electrons. The molecule has 0 radical (unpaired) electrons. The first-order valence-electron chi connectivity index (χ1n) is 8.01. The highest BCUT2D eigenvalue weighted by Gasteiger charge is 2.21. The highest BCUT2D eigenvalue weighted by molar-refractivity contribution is 5.72. The maximum Gasteiger partial charge on any atom is 0.308 e. The molecule has 1 aliphatic rings. The number of hydrogen-bond donors (Lipinski definition) is 0. The second-order valence-corrected chi connectivity index (χ2v) is 5.62. The van der Waals surface area contributed by atoms with Gasteiger partial charge in [-0.25, -0.2) is 0 Å². The van der Waals surface area contributed by atoms with Gasteiger partial charge in [0, 0.05) is 0 Å². The number of carbonyl (C=O) groups excluding carboxylic acids is 1. The van der Waals surface area contributed by atoms with Gasteiger partial charge in [0.1, 0.15) is 0 Å². The van der Waals surface area contributed by atoms with Crippen molar-refractivity contribution in [2.24, 2.45) is 5.92 Å². The van der Waals surface area contributed by atoms with Crippen molar-refractivity contribution in [1.82, 2.24) is 0 Å². The van der Waals surface area contributed by atoms with Crippen molar-refractivity contribution in [2.75, 3.05) is 6.61 Å². The van der Waals surface area contributed by atoms with Crippen LogP contribution in [0.15, 0.2) is 0 Å². The zero-order valence-electron chi connectivity index (χ0n) is 12.1. The Balaban J connectivity index is 1.89. The van der Waals surface area contributed by atoms with Gasteiger partial charge in [-0.1, -0.05) is 64.7 Å². The molecular weight excluding hydrogens is 224 g/mol. The van der Waals surface area contributed by atoms with Crippen molar-refractivity contribution >= 4 is 5.97 Å². The Kier molecular flexibility index (Phi) is 8.97. The first kappa shape index (κ1) is 15.5. The van der Waals surface area contributed by atoms with Crippen LogP contribution in [0.4, 0.5) is 0 Å². The molecule has 0 aliphatic heterocycles. The summed E-state index contributed by atoms with van der Waals surface area (Å²) in [5.41, 5.74) is 0. The lowest BCUT2D eigenvalue weighted by Crippen LogP contribution is -2.20. The predicted molar refractivity (Wildman–Crippen MR) is 75.5 cm³/mol. The zero-order valence-corrected chi connectivity index (χ0v) is 12.1. The van der Waals surface area contributed by atoms with Crippen LogP contribution in [-0.4, -0.2) is 12.6 Å². The molecule has 0 atom stereocenters. The highest BCUT2D eigenvalue weighted by Crippen LogP contribution is 2.24. The summed E-state index contributed by atoms with van der Waals surface area (Å²) >= 11 is 0. The van der Waals surface area contributed by atoms with Crippen LogP contribution in [0.5, 0.6) is 0 Å². The Morgan fingerprint density at radius 1 is 0.944 bits per heavy atom. The van der Waals surface area contributed by atoms with Crippen LogP contribution >= 0.6 is 0 Å². The van der Waals surface area contributed by atoms with E-state index in [1.54, 1.807) is 0 Å². The minimum Gasteiger partial charge on any atom is -0.465 e. The molecule has 1 aliphatic carbocycles. The second-order valence-electron chi connectivity index (χ2n) is 5.62. The summed E-state index contributed by atoms with van der Waals surface area (Å²) in [5, 5.41) is 0. The molecule has 0 aromatic rings. The third-order valence-corrected chi connectivity index (χ3v) is 3.93. The van der Waals surface area contributed by atoms with E-state index in [1.807, 2.05) is 0 Å². The molecule has 2 heteroatoms. The second kappa shape index (κ2) is 10.4. The lowest BCUT2D eigenvalue weighted by atomic mass is 9.89. The number of unbranched alkanes of at least 4 members (excludes halogenated alkanes) is 6. The number of esters is 1. The van der Waals surface area contributed by atoms with Crippen LogP contribution in [0.25, 0.3) is 0 Å². The molecular formula is C16H30O2. The molecule has 0 bridgehead atoms. The van der Waals surface area contributed by atoms with Gasteiger partial charge in [0.05, 0.1) is 12.5 Å². The molecule has 0 unspecified atom stereocenters. The van der Waals surface area contributed by atoms with Gasteiger partial charge in [0.15, 0.2) is 0 Å². The summed E-state index contributed by atoms with van der Waals surface area (Å²) in [5.74, 6) is 0.281. The van der Waals surface area contributed by atoms with Crippen LogP contribution in [-0.2, 0) is 9.53 Å². The van der Waals surface area contributed by atoms with E-state index in [0.29, 0.717) is 6.61 Å². The fourth-order valence-electron chi connectivity index (χ4n) is 2.69. The molecule has 0 N–H and O–H groups in total. The minimum atomic E-state index is 0.0701. The molecule has 1 fully saturated rings. The van der Waals surface area contributed by atoms with E-state index in [0.717, 1.165) is 19.3 Å². The van der Waals surface area contributed by atoms with Gasteiger partial charge in [-0.15, -0.1) is 0 Å². The van der Waals surface area contributed by atoms with Gasteiger partial charge in [-0.05, 0) is 19.3 Å². The summed E-state index contributed by atoms with van der Waals surface area (Å²) in [6.45, 7) is 2.88. The van der Waals surface area contributed by atoms with E-state index in [9.17, 15) is 4.79 Å². The maximum absolute atomic E-state index is 11.7. The molecule has 18 heavy (non-hydrogen) atoms. The van der Waals surface area contributed by atoms with Crippen LogP contribution in [0.1, 0.15) is 84.0 Å². The normalized spacial score (nSPS) is 16.7. The van der Waals surface area contributed by atoms with Crippen molar-refractivity contribution in [2.45, 2.75) is 84.0 Å². The van der Waals surface area contributed by atoms with Crippen molar-refractivity contribution in [3.8, 4) is 0 Å². The van der Waals surface area contributed by atoms with Crippen LogP contribution in [0.3, 0.4) is 0 Å². The third-order valence-electron chi connectivity index (χ3n) is 3.93. The Labute approximate surface area is 112 Å². The van der Waals surface area contributed by atoms with Gasteiger partial charge >= 0.3 is 5.97 Å². The number of hydrogen-bond acceptors (Lipinski definition) is 2. The Morgan fingerprint density at radius 2 is 1.56 bits per heavy atom. The van der Waals surface area contributed by atoms with Crippen molar-refractivity contribution in [1.29, 1.82) is 0 Å². The molecule has 0 amide bonds. The lowest BCUT2D eigenvalue weighted by molar-refractivity contribution is -0.149. The summed E-state index contributed by atoms with van der Waals surface area (Å²) in [6, 6.07) is 0. The van der Waals surface area contributed by atoms with E-state index >= 15 is 0 Å². The lowest BCUT2D eigenvalue weighted by Gasteiger charge is -2.19. The molecule has 2 nitrogen and oxygen atoms in total. The highest BCUT2D eigenvalue weighted by atomic mass is 16.5. The van der Waals surface area contributed by atoms with E-state index in [4.69, 9.17) is 4.74 Å². The van der Waals surface area contributed by atoms with Gasteiger partial charge < -0.3 is 4.74 Å². The number of rotatable bonds is 9.